The third kappa shape index (κ3) is 2.51. The van der Waals surface area contributed by atoms with Gasteiger partial charge in [-0.1, -0.05) is 90.2 Å². The van der Waals surface area contributed by atoms with Crippen molar-refractivity contribution in [3.8, 4) is 22.3 Å². The van der Waals surface area contributed by atoms with Crippen molar-refractivity contribution in [1.29, 1.82) is 0 Å². The number of fused-ring (bicyclic) bond motifs is 6. The zero-order valence-electron chi connectivity index (χ0n) is 16.9. The van der Waals surface area contributed by atoms with Crippen molar-refractivity contribution in [2.45, 2.75) is 0 Å². The van der Waals surface area contributed by atoms with E-state index in [1.54, 1.807) is 11.3 Å². The molecule has 152 valence electrons. The monoisotopic (exact) mass is 493 g/mol. The topological polar surface area (TPSA) is 21.2 Å². The van der Waals surface area contributed by atoms with Gasteiger partial charge in [-0.25, -0.2) is 0 Å². The van der Waals surface area contributed by atoms with Gasteiger partial charge in [0.15, 0.2) is 0 Å². The van der Waals surface area contributed by atoms with Crippen molar-refractivity contribution in [2.24, 2.45) is 0 Å². The van der Waals surface area contributed by atoms with E-state index >= 15 is 0 Å². The van der Waals surface area contributed by atoms with Gasteiger partial charge in [-0.05, 0) is 28.0 Å². The van der Waals surface area contributed by atoms with Crippen LogP contribution in [-0.4, -0.2) is 5.78 Å². The molecular formula is C28H16BrNOS. The van der Waals surface area contributed by atoms with Gasteiger partial charge in [0.25, 0.3) is 16.3 Å². The fraction of sp³-hybridized carbons (Fsp3) is 0. The van der Waals surface area contributed by atoms with Crippen LogP contribution in [-0.2, 0) is 0 Å². The summed E-state index contributed by atoms with van der Waals surface area (Å²) in [6, 6.07) is 33.1. The Balaban J connectivity index is 0.00000196. The Kier molecular flexibility index (Phi) is 4.29. The molecule has 0 atom stereocenters. The molecule has 4 aromatic carbocycles. The number of aromatic nitrogens is 1. The molecule has 2 heterocycles. The Morgan fingerprint density at radius 3 is 2.25 bits per heavy atom. The minimum absolute atomic E-state index is 0. The second kappa shape index (κ2) is 7.09. The molecule has 0 spiro atoms. The van der Waals surface area contributed by atoms with Gasteiger partial charge in [-0.2, -0.15) is 0 Å². The molecule has 2 nitrogen and oxygen atoms in total. The van der Waals surface area contributed by atoms with E-state index in [0.29, 0.717) is 5.56 Å². The van der Waals surface area contributed by atoms with Crippen LogP contribution < -0.4 is 21.4 Å². The van der Waals surface area contributed by atoms with Crippen LogP contribution in [0.2, 0.25) is 0 Å². The molecule has 32 heavy (non-hydrogen) atoms. The van der Waals surface area contributed by atoms with Crippen molar-refractivity contribution in [3.63, 3.8) is 0 Å². The minimum Gasteiger partial charge on any atom is -1.00 e. The predicted molar refractivity (Wildman–Crippen MR) is 127 cm³/mol. The van der Waals surface area contributed by atoms with Crippen molar-refractivity contribution in [2.75, 3.05) is 0 Å². The van der Waals surface area contributed by atoms with Crippen LogP contribution in [0.25, 0.3) is 48.1 Å². The number of thiazole rings is 1. The number of benzene rings is 4. The molecule has 0 N–H and O–H groups in total. The smallest absolute Gasteiger partial charge is 0.269 e. The molecule has 7 rings (SSSR count). The Bertz CT molecular complexity index is 1700. The summed E-state index contributed by atoms with van der Waals surface area (Å²) in [6.07, 6.45) is 0. The Labute approximate surface area is 199 Å². The zero-order valence-corrected chi connectivity index (χ0v) is 19.3. The molecular weight excluding hydrogens is 478 g/mol. The largest absolute Gasteiger partial charge is 1.00 e. The van der Waals surface area contributed by atoms with Crippen LogP contribution in [0.1, 0.15) is 16.1 Å². The number of carbonyl (C=O) groups excluding carboxylic acids is 1. The van der Waals surface area contributed by atoms with Crippen LogP contribution in [0.15, 0.2) is 97.1 Å². The molecule has 0 fully saturated rings. The summed E-state index contributed by atoms with van der Waals surface area (Å²) in [7, 11) is 0. The van der Waals surface area contributed by atoms with Crippen molar-refractivity contribution >= 4 is 42.9 Å². The van der Waals surface area contributed by atoms with Crippen LogP contribution in [0.5, 0.6) is 0 Å². The number of ketones is 1. The summed E-state index contributed by atoms with van der Waals surface area (Å²) >= 11 is 1.73. The Hall–Kier alpha value is -3.34. The lowest BCUT2D eigenvalue weighted by Crippen LogP contribution is -3.00. The summed E-state index contributed by atoms with van der Waals surface area (Å²) in [5.74, 6) is 0.0563. The summed E-state index contributed by atoms with van der Waals surface area (Å²) < 4.78 is 3.35. The number of rotatable bonds is 2. The molecule has 2 aromatic heterocycles. The fourth-order valence-electron chi connectivity index (χ4n) is 4.97. The molecule has 1 aliphatic carbocycles. The van der Waals surface area contributed by atoms with E-state index in [9.17, 15) is 4.79 Å². The molecule has 0 aliphatic heterocycles. The van der Waals surface area contributed by atoms with Gasteiger partial charge < -0.3 is 17.0 Å². The van der Waals surface area contributed by atoms with Crippen LogP contribution in [0.4, 0.5) is 0 Å². The van der Waals surface area contributed by atoms with Crippen molar-refractivity contribution in [1.82, 2.24) is 0 Å². The summed E-state index contributed by atoms with van der Waals surface area (Å²) in [6.45, 7) is 0. The molecule has 6 aromatic rings. The number of nitrogens with zero attached hydrogens (tertiary/aromatic N) is 1. The standard InChI is InChI=1S/C28H16NOS.BrH/c30-28(18-8-2-1-3-9-18)27-26-20-13-7-11-17-10-6-12-19(25(17)20)21(26)16-24-29(27)22-14-4-5-15-23(22)31-24;/h1-16H;1H/q+1;/p-1. The second-order valence-corrected chi connectivity index (χ2v) is 8.99. The quantitative estimate of drug-likeness (QED) is 0.266. The first-order valence-corrected chi connectivity index (χ1v) is 11.2. The summed E-state index contributed by atoms with van der Waals surface area (Å²) in [5.41, 5.74) is 7.09. The third-order valence-electron chi connectivity index (χ3n) is 6.25. The number of carbonyl (C=O) groups is 1. The van der Waals surface area contributed by atoms with Gasteiger partial charge in [-0.15, -0.1) is 4.40 Å². The molecule has 0 amide bonds. The second-order valence-electron chi connectivity index (χ2n) is 7.93. The van der Waals surface area contributed by atoms with E-state index < -0.39 is 0 Å². The first kappa shape index (κ1) is 19.4. The number of halogens is 1. The van der Waals surface area contributed by atoms with E-state index in [-0.39, 0.29) is 22.8 Å². The highest BCUT2D eigenvalue weighted by atomic mass is 79.9. The minimum atomic E-state index is 0. The van der Waals surface area contributed by atoms with Crippen LogP contribution in [0.3, 0.4) is 0 Å². The summed E-state index contributed by atoms with van der Waals surface area (Å²) in [4.78, 5) is 15.1. The normalized spacial score (nSPS) is 11.6. The highest BCUT2D eigenvalue weighted by molar-refractivity contribution is 7.23. The Morgan fingerprint density at radius 1 is 0.719 bits per heavy atom. The lowest BCUT2D eigenvalue weighted by molar-refractivity contribution is -0.479. The molecule has 0 radical (unpaired) electrons. The molecule has 0 saturated heterocycles. The van der Waals surface area contributed by atoms with Crippen molar-refractivity contribution in [3.05, 3.63) is 108 Å². The first-order valence-electron chi connectivity index (χ1n) is 10.3. The molecule has 1 aliphatic rings. The third-order valence-corrected chi connectivity index (χ3v) is 7.33. The molecule has 0 saturated carbocycles. The van der Waals surface area contributed by atoms with Crippen molar-refractivity contribution < 1.29 is 26.2 Å². The molecule has 4 heteroatoms. The Morgan fingerprint density at radius 2 is 1.44 bits per heavy atom. The van der Waals surface area contributed by atoms with E-state index in [4.69, 9.17) is 0 Å². The maximum Gasteiger partial charge on any atom is 0.269 e. The highest BCUT2D eigenvalue weighted by Crippen LogP contribution is 2.49. The van der Waals surface area contributed by atoms with Gasteiger partial charge in [0, 0.05) is 23.3 Å². The number of para-hydroxylation sites is 1. The van der Waals surface area contributed by atoms with Gasteiger partial charge >= 0.3 is 0 Å². The van der Waals surface area contributed by atoms with E-state index in [1.807, 2.05) is 36.4 Å². The van der Waals surface area contributed by atoms with Crippen LogP contribution in [0, 0.1) is 0 Å². The van der Waals surface area contributed by atoms with Gasteiger partial charge in [0.2, 0.25) is 5.52 Å². The lowest BCUT2D eigenvalue weighted by Gasteiger charge is -2.06. The van der Waals surface area contributed by atoms with Gasteiger partial charge in [0.1, 0.15) is 4.70 Å². The average molecular weight is 494 g/mol. The number of hydrogen-bond acceptors (Lipinski definition) is 2. The summed E-state index contributed by atoms with van der Waals surface area (Å²) in [5, 5.41) is 2.45. The zero-order chi connectivity index (χ0) is 20.5. The fourth-order valence-corrected chi connectivity index (χ4v) is 6.06. The maximum absolute atomic E-state index is 14.0. The first-order chi connectivity index (χ1) is 15.3. The molecule has 0 bridgehead atoms. The van der Waals surface area contributed by atoms with Gasteiger partial charge in [-0.3, -0.25) is 4.79 Å². The predicted octanol–water partition coefficient (Wildman–Crippen LogP) is 3.68. The number of pyridine rings is 1. The lowest BCUT2D eigenvalue weighted by atomic mass is 9.97. The SMILES string of the molecule is O=C(c1ccccc1)c1c2c(cc3sc4ccccc4[n+]13)-c1cccc3cccc-2c13.[Br-]. The maximum atomic E-state index is 14.0. The van der Waals surface area contributed by atoms with E-state index in [1.165, 1.54) is 21.0 Å². The van der Waals surface area contributed by atoms with E-state index in [0.717, 1.165) is 32.7 Å². The molecule has 0 unspecified atom stereocenters. The highest BCUT2D eigenvalue weighted by Gasteiger charge is 2.36. The average Bonchev–Trinajstić information content (AvgIpc) is 3.35. The van der Waals surface area contributed by atoms with Gasteiger partial charge in [0.05, 0.1) is 5.56 Å². The number of hydrogen-bond donors (Lipinski definition) is 0. The van der Waals surface area contributed by atoms with E-state index in [2.05, 4.69) is 65.1 Å². The van der Waals surface area contributed by atoms with Crippen LogP contribution >= 0.6 is 11.3 Å².